The third-order valence-electron chi connectivity index (χ3n) is 4.91. The summed E-state index contributed by atoms with van der Waals surface area (Å²) in [6.45, 7) is 2.16. The van der Waals surface area contributed by atoms with Gasteiger partial charge in [-0.25, -0.2) is 4.98 Å². The smallest absolute Gasteiger partial charge is 0.232 e. The average molecular weight is 261 g/mol. The Kier molecular flexibility index (Phi) is 3.33. The van der Waals surface area contributed by atoms with Gasteiger partial charge < -0.3 is 10.3 Å². The van der Waals surface area contributed by atoms with Gasteiger partial charge in [0.2, 0.25) is 5.91 Å². The zero-order chi connectivity index (χ0) is 13.3. The normalized spacial score (nSPS) is 23.8. The van der Waals surface area contributed by atoms with Crippen molar-refractivity contribution in [1.82, 2.24) is 15.3 Å². The highest BCUT2D eigenvalue weighted by molar-refractivity contribution is 5.90. The minimum absolute atomic E-state index is 0.190. The van der Waals surface area contributed by atoms with Crippen LogP contribution in [0.2, 0.25) is 0 Å². The molecule has 1 aromatic heterocycles. The minimum Gasteiger partial charge on any atom is -0.353 e. The summed E-state index contributed by atoms with van der Waals surface area (Å²) in [5.74, 6) is 0.852. The molecular formula is C15H23N3O. The van der Waals surface area contributed by atoms with Gasteiger partial charge >= 0.3 is 0 Å². The molecule has 4 heteroatoms. The fourth-order valence-corrected chi connectivity index (χ4v) is 3.36. The summed E-state index contributed by atoms with van der Waals surface area (Å²) in [6, 6.07) is 0.299. The van der Waals surface area contributed by atoms with E-state index in [1.165, 1.54) is 32.1 Å². The molecule has 3 rings (SSSR count). The van der Waals surface area contributed by atoms with Crippen LogP contribution in [0.25, 0.3) is 0 Å². The monoisotopic (exact) mass is 261 g/mol. The van der Waals surface area contributed by atoms with Crippen LogP contribution in [-0.4, -0.2) is 21.9 Å². The number of nitrogens with zero attached hydrogens (tertiary/aromatic N) is 1. The van der Waals surface area contributed by atoms with Gasteiger partial charge in [-0.1, -0.05) is 19.3 Å². The van der Waals surface area contributed by atoms with Crippen molar-refractivity contribution in [2.24, 2.45) is 5.92 Å². The van der Waals surface area contributed by atoms with Crippen molar-refractivity contribution >= 4 is 5.91 Å². The molecule has 0 aliphatic heterocycles. The molecule has 0 spiro atoms. The van der Waals surface area contributed by atoms with E-state index >= 15 is 0 Å². The van der Waals surface area contributed by atoms with Crippen molar-refractivity contribution in [2.45, 2.75) is 63.3 Å². The number of hydrogen-bond acceptors (Lipinski definition) is 2. The van der Waals surface area contributed by atoms with Gasteiger partial charge in [0.15, 0.2) is 0 Å². The van der Waals surface area contributed by atoms with Gasteiger partial charge in [-0.05, 0) is 38.5 Å². The largest absolute Gasteiger partial charge is 0.353 e. The maximum atomic E-state index is 12.5. The molecule has 2 saturated carbocycles. The standard InChI is InChI=1S/C15H23N3O/c1-11(12-5-3-2-4-6-12)18-14(19)15(7-8-15)13-9-16-10-17-13/h9-12H,2-8H2,1H3,(H,16,17)(H,18,19)/t11-/m1/s1. The van der Waals surface area contributed by atoms with E-state index in [4.69, 9.17) is 0 Å². The van der Waals surface area contributed by atoms with E-state index in [9.17, 15) is 4.79 Å². The Balaban J connectivity index is 1.62. The molecule has 1 heterocycles. The first kappa shape index (κ1) is 12.7. The molecule has 19 heavy (non-hydrogen) atoms. The highest BCUT2D eigenvalue weighted by Crippen LogP contribution is 2.47. The van der Waals surface area contributed by atoms with Gasteiger partial charge in [0.1, 0.15) is 0 Å². The van der Waals surface area contributed by atoms with Crippen molar-refractivity contribution < 1.29 is 4.79 Å². The fourth-order valence-electron chi connectivity index (χ4n) is 3.36. The number of amides is 1. The van der Waals surface area contributed by atoms with Crippen LogP contribution in [0.4, 0.5) is 0 Å². The van der Waals surface area contributed by atoms with Gasteiger partial charge in [-0.2, -0.15) is 0 Å². The molecular weight excluding hydrogens is 238 g/mol. The van der Waals surface area contributed by atoms with Crippen molar-refractivity contribution in [3.8, 4) is 0 Å². The lowest BCUT2D eigenvalue weighted by Gasteiger charge is -2.29. The Labute approximate surface area is 114 Å². The summed E-state index contributed by atoms with van der Waals surface area (Å²) >= 11 is 0. The Morgan fingerprint density at radius 1 is 1.42 bits per heavy atom. The number of nitrogens with one attached hydrogen (secondary N) is 2. The minimum atomic E-state index is -0.306. The number of rotatable bonds is 4. The van der Waals surface area contributed by atoms with Crippen molar-refractivity contribution in [3.05, 3.63) is 18.2 Å². The third kappa shape index (κ3) is 2.40. The van der Waals surface area contributed by atoms with E-state index in [0.29, 0.717) is 12.0 Å². The van der Waals surface area contributed by atoms with E-state index in [1.54, 1.807) is 12.5 Å². The van der Waals surface area contributed by atoms with E-state index in [2.05, 4.69) is 22.2 Å². The number of carbonyl (C=O) groups is 1. The molecule has 4 nitrogen and oxygen atoms in total. The lowest BCUT2D eigenvalue weighted by Crippen LogP contribution is -2.44. The zero-order valence-electron chi connectivity index (χ0n) is 11.6. The third-order valence-corrected chi connectivity index (χ3v) is 4.91. The van der Waals surface area contributed by atoms with Gasteiger partial charge in [0, 0.05) is 12.2 Å². The second kappa shape index (κ2) is 4.99. The number of imidazole rings is 1. The molecule has 0 aromatic carbocycles. The topological polar surface area (TPSA) is 57.8 Å². The van der Waals surface area contributed by atoms with Crippen molar-refractivity contribution in [2.75, 3.05) is 0 Å². The Bertz CT molecular complexity index is 430. The van der Waals surface area contributed by atoms with Crippen LogP contribution in [0.5, 0.6) is 0 Å². The predicted octanol–water partition coefficient (Wildman–Crippen LogP) is 2.53. The molecule has 1 amide bonds. The number of H-pyrrole nitrogens is 1. The fraction of sp³-hybridized carbons (Fsp3) is 0.733. The van der Waals surface area contributed by atoms with Crippen LogP contribution in [0.3, 0.4) is 0 Å². The van der Waals surface area contributed by atoms with Crippen LogP contribution >= 0.6 is 0 Å². The lowest BCUT2D eigenvalue weighted by molar-refractivity contribution is -0.124. The summed E-state index contributed by atoms with van der Waals surface area (Å²) < 4.78 is 0. The molecule has 1 aromatic rings. The van der Waals surface area contributed by atoms with Crippen LogP contribution in [-0.2, 0) is 10.2 Å². The average Bonchev–Trinajstić information content (AvgIpc) is 3.07. The van der Waals surface area contributed by atoms with Crippen LogP contribution in [0, 0.1) is 5.92 Å². The van der Waals surface area contributed by atoms with E-state index in [1.807, 2.05) is 0 Å². The maximum absolute atomic E-state index is 12.5. The number of aromatic amines is 1. The van der Waals surface area contributed by atoms with E-state index < -0.39 is 0 Å². The lowest BCUT2D eigenvalue weighted by atomic mass is 9.84. The molecule has 104 valence electrons. The second-order valence-corrected chi connectivity index (χ2v) is 6.21. The summed E-state index contributed by atoms with van der Waals surface area (Å²) in [6.07, 6.45) is 11.8. The van der Waals surface area contributed by atoms with E-state index in [0.717, 1.165) is 18.5 Å². The molecule has 0 unspecified atom stereocenters. The molecule has 0 radical (unpaired) electrons. The summed E-state index contributed by atoms with van der Waals surface area (Å²) in [4.78, 5) is 19.7. The SMILES string of the molecule is C[C@@H](NC(=O)C1(c2cnc[nH]2)CC1)C1CCCCC1. The summed E-state index contributed by atoms with van der Waals surface area (Å²) in [5, 5.41) is 3.25. The van der Waals surface area contributed by atoms with Crippen molar-refractivity contribution in [1.29, 1.82) is 0 Å². The molecule has 2 aliphatic rings. The van der Waals surface area contributed by atoms with E-state index in [-0.39, 0.29) is 11.3 Å². The summed E-state index contributed by atoms with van der Waals surface area (Å²) in [5.41, 5.74) is 0.667. The van der Waals surface area contributed by atoms with Gasteiger partial charge in [0.05, 0.1) is 17.4 Å². The Morgan fingerprint density at radius 3 is 2.74 bits per heavy atom. The Hall–Kier alpha value is -1.32. The maximum Gasteiger partial charge on any atom is 0.232 e. The predicted molar refractivity (Wildman–Crippen MR) is 73.7 cm³/mol. The second-order valence-electron chi connectivity index (χ2n) is 6.21. The molecule has 1 atom stereocenters. The van der Waals surface area contributed by atoms with Gasteiger partial charge in [-0.15, -0.1) is 0 Å². The Morgan fingerprint density at radius 2 is 2.16 bits per heavy atom. The number of aromatic nitrogens is 2. The molecule has 2 fully saturated rings. The van der Waals surface area contributed by atoms with Crippen LogP contribution < -0.4 is 5.32 Å². The number of hydrogen-bond donors (Lipinski definition) is 2. The van der Waals surface area contributed by atoms with Crippen molar-refractivity contribution in [3.63, 3.8) is 0 Å². The highest BCUT2D eigenvalue weighted by Gasteiger charge is 2.52. The number of carbonyl (C=O) groups excluding carboxylic acids is 1. The molecule has 0 saturated heterocycles. The summed E-state index contributed by atoms with van der Waals surface area (Å²) in [7, 11) is 0. The first-order valence-electron chi connectivity index (χ1n) is 7.52. The van der Waals surface area contributed by atoms with Crippen LogP contribution in [0.1, 0.15) is 57.6 Å². The first-order chi connectivity index (χ1) is 9.22. The highest BCUT2D eigenvalue weighted by atomic mass is 16.2. The molecule has 2 aliphatic carbocycles. The quantitative estimate of drug-likeness (QED) is 0.875. The first-order valence-corrected chi connectivity index (χ1v) is 7.52. The molecule has 2 N–H and O–H groups in total. The van der Waals surface area contributed by atoms with Crippen LogP contribution in [0.15, 0.2) is 12.5 Å². The molecule has 0 bridgehead atoms. The van der Waals surface area contributed by atoms with Gasteiger partial charge in [0.25, 0.3) is 0 Å². The zero-order valence-corrected chi connectivity index (χ0v) is 11.6. The van der Waals surface area contributed by atoms with Gasteiger partial charge in [-0.3, -0.25) is 4.79 Å².